The Bertz CT molecular complexity index is 435. The average molecular weight is 268 g/mol. The maximum Gasteiger partial charge on any atom is 0.253 e. The summed E-state index contributed by atoms with van der Waals surface area (Å²) in [5.41, 5.74) is 6.06. The molecule has 0 aliphatic heterocycles. The molecular weight excluding hydrogens is 247 g/mol. The first-order valence-electron chi connectivity index (χ1n) is 6.39. The predicted octanol–water partition coefficient (Wildman–Crippen LogP) is 2.20. The summed E-state index contributed by atoms with van der Waals surface area (Å²) < 4.78 is 18.3. The van der Waals surface area contributed by atoms with Crippen LogP contribution in [0.25, 0.3) is 0 Å². The molecule has 1 unspecified atom stereocenters. The van der Waals surface area contributed by atoms with E-state index in [2.05, 4.69) is 5.32 Å². The molecule has 0 heterocycles. The Morgan fingerprint density at radius 3 is 2.68 bits per heavy atom. The van der Waals surface area contributed by atoms with Gasteiger partial charge in [-0.25, -0.2) is 4.39 Å². The Morgan fingerprint density at radius 2 is 2.16 bits per heavy atom. The Hall–Kier alpha value is -1.62. The molecule has 3 N–H and O–H groups in total. The fourth-order valence-corrected chi connectivity index (χ4v) is 1.63. The van der Waals surface area contributed by atoms with Gasteiger partial charge in [-0.15, -0.1) is 0 Å². The molecule has 0 aromatic heterocycles. The van der Waals surface area contributed by atoms with Crippen LogP contribution < -0.4 is 11.1 Å². The number of rotatable bonds is 6. The van der Waals surface area contributed by atoms with Crippen molar-refractivity contribution in [3.63, 3.8) is 0 Å². The second-order valence-corrected chi connectivity index (χ2v) is 4.72. The summed E-state index contributed by atoms with van der Waals surface area (Å²) in [6, 6.07) is 3.65. The zero-order valence-corrected chi connectivity index (χ0v) is 11.6. The molecule has 1 aromatic carbocycles. The van der Waals surface area contributed by atoms with E-state index in [1.807, 2.05) is 20.8 Å². The second-order valence-electron chi connectivity index (χ2n) is 4.72. The van der Waals surface area contributed by atoms with Gasteiger partial charge in [0.05, 0.1) is 18.2 Å². The molecule has 19 heavy (non-hydrogen) atoms. The zero-order chi connectivity index (χ0) is 14.4. The molecule has 1 rings (SSSR count). The molecule has 1 aromatic rings. The summed E-state index contributed by atoms with van der Waals surface area (Å²) in [4.78, 5) is 12.1. The van der Waals surface area contributed by atoms with Gasteiger partial charge in [0, 0.05) is 12.3 Å². The van der Waals surface area contributed by atoms with Crippen molar-refractivity contribution in [3.8, 4) is 0 Å². The van der Waals surface area contributed by atoms with Gasteiger partial charge in [0.15, 0.2) is 0 Å². The van der Waals surface area contributed by atoms with Crippen LogP contribution in [0.3, 0.4) is 0 Å². The van der Waals surface area contributed by atoms with Gasteiger partial charge in [-0.05, 0) is 31.0 Å². The van der Waals surface area contributed by atoms with Crippen LogP contribution in [-0.2, 0) is 4.74 Å². The number of amides is 1. The van der Waals surface area contributed by atoms with Gasteiger partial charge in [0.1, 0.15) is 5.82 Å². The molecular formula is C14H21FN2O2. The second kappa shape index (κ2) is 7.09. The normalized spacial score (nSPS) is 12.5. The van der Waals surface area contributed by atoms with E-state index in [0.717, 1.165) is 6.07 Å². The van der Waals surface area contributed by atoms with Crippen molar-refractivity contribution in [1.29, 1.82) is 0 Å². The molecule has 0 aliphatic carbocycles. The summed E-state index contributed by atoms with van der Waals surface area (Å²) in [5.74, 6) is -0.531. The number of ether oxygens (including phenoxy) is 1. The van der Waals surface area contributed by atoms with E-state index in [1.165, 1.54) is 12.1 Å². The lowest BCUT2D eigenvalue weighted by Crippen LogP contribution is -2.42. The number of hydrogen-bond donors (Lipinski definition) is 2. The van der Waals surface area contributed by atoms with Crippen molar-refractivity contribution < 1.29 is 13.9 Å². The van der Waals surface area contributed by atoms with Crippen LogP contribution in [0.4, 0.5) is 10.1 Å². The topological polar surface area (TPSA) is 64.3 Å². The van der Waals surface area contributed by atoms with Gasteiger partial charge in [0.25, 0.3) is 5.91 Å². The molecule has 0 aliphatic rings. The van der Waals surface area contributed by atoms with Gasteiger partial charge >= 0.3 is 0 Å². The SMILES string of the molecule is CCOCC(NC(=O)c1ccc(F)cc1N)C(C)C. The third-order valence-corrected chi connectivity index (χ3v) is 2.88. The molecule has 0 saturated heterocycles. The first-order chi connectivity index (χ1) is 8.95. The number of halogens is 1. The van der Waals surface area contributed by atoms with E-state index >= 15 is 0 Å². The maximum absolute atomic E-state index is 12.9. The summed E-state index contributed by atoms with van der Waals surface area (Å²) in [7, 11) is 0. The lowest BCUT2D eigenvalue weighted by Gasteiger charge is -2.22. The number of nitrogens with one attached hydrogen (secondary N) is 1. The molecule has 0 spiro atoms. The van der Waals surface area contributed by atoms with Crippen LogP contribution in [-0.4, -0.2) is 25.2 Å². The Balaban J connectivity index is 2.76. The third-order valence-electron chi connectivity index (χ3n) is 2.88. The van der Waals surface area contributed by atoms with E-state index in [-0.39, 0.29) is 29.1 Å². The first-order valence-corrected chi connectivity index (χ1v) is 6.39. The lowest BCUT2D eigenvalue weighted by atomic mass is 10.0. The number of nitrogen functional groups attached to an aromatic ring is 1. The number of nitrogens with two attached hydrogens (primary N) is 1. The molecule has 0 radical (unpaired) electrons. The lowest BCUT2D eigenvalue weighted by molar-refractivity contribution is 0.0807. The Morgan fingerprint density at radius 1 is 1.47 bits per heavy atom. The monoisotopic (exact) mass is 268 g/mol. The average Bonchev–Trinajstić information content (AvgIpc) is 2.33. The smallest absolute Gasteiger partial charge is 0.253 e. The van der Waals surface area contributed by atoms with E-state index in [9.17, 15) is 9.18 Å². The number of carbonyl (C=O) groups is 1. The number of anilines is 1. The van der Waals surface area contributed by atoms with E-state index in [0.29, 0.717) is 13.2 Å². The number of carbonyl (C=O) groups excluding carboxylic acids is 1. The van der Waals surface area contributed by atoms with Crippen LogP contribution in [0.1, 0.15) is 31.1 Å². The van der Waals surface area contributed by atoms with Gasteiger partial charge < -0.3 is 15.8 Å². The minimum Gasteiger partial charge on any atom is -0.398 e. The number of benzene rings is 1. The van der Waals surface area contributed by atoms with Gasteiger partial charge in [-0.2, -0.15) is 0 Å². The highest BCUT2D eigenvalue weighted by molar-refractivity contribution is 5.99. The Kier molecular flexibility index (Phi) is 5.76. The molecule has 5 heteroatoms. The molecule has 0 saturated carbocycles. The standard InChI is InChI=1S/C14H21FN2O2/c1-4-19-8-13(9(2)3)17-14(18)11-6-5-10(15)7-12(11)16/h5-7,9,13H,4,8,16H2,1-3H3,(H,17,18). The molecule has 0 bridgehead atoms. The highest BCUT2D eigenvalue weighted by Gasteiger charge is 2.18. The minimum atomic E-state index is -0.455. The van der Waals surface area contributed by atoms with Crippen LogP contribution in [0.2, 0.25) is 0 Å². The first kappa shape index (κ1) is 15.4. The summed E-state index contributed by atoms with van der Waals surface area (Å²) in [5, 5.41) is 2.86. The van der Waals surface area contributed by atoms with Crippen LogP contribution in [0.5, 0.6) is 0 Å². The van der Waals surface area contributed by atoms with Crippen molar-refractivity contribution in [2.45, 2.75) is 26.8 Å². The molecule has 4 nitrogen and oxygen atoms in total. The highest BCUT2D eigenvalue weighted by atomic mass is 19.1. The quantitative estimate of drug-likeness (QED) is 0.777. The van der Waals surface area contributed by atoms with Crippen molar-refractivity contribution in [3.05, 3.63) is 29.6 Å². The zero-order valence-electron chi connectivity index (χ0n) is 11.6. The minimum absolute atomic E-state index is 0.100. The van der Waals surface area contributed by atoms with Crippen molar-refractivity contribution in [2.24, 2.45) is 5.92 Å². The molecule has 1 atom stereocenters. The Labute approximate surface area is 113 Å². The van der Waals surface area contributed by atoms with Crippen molar-refractivity contribution in [1.82, 2.24) is 5.32 Å². The fourth-order valence-electron chi connectivity index (χ4n) is 1.63. The van der Waals surface area contributed by atoms with Crippen LogP contribution in [0, 0.1) is 11.7 Å². The van der Waals surface area contributed by atoms with Gasteiger partial charge in [-0.1, -0.05) is 13.8 Å². The van der Waals surface area contributed by atoms with Gasteiger partial charge in [-0.3, -0.25) is 4.79 Å². The predicted molar refractivity (Wildman–Crippen MR) is 73.4 cm³/mol. The third kappa shape index (κ3) is 4.52. The van der Waals surface area contributed by atoms with E-state index < -0.39 is 5.82 Å². The van der Waals surface area contributed by atoms with Crippen molar-refractivity contribution in [2.75, 3.05) is 18.9 Å². The fraction of sp³-hybridized carbons (Fsp3) is 0.500. The largest absolute Gasteiger partial charge is 0.398 e. The molecule has 0 fully saturated rings. The van der Waals surface area contributed by atoms with Crippen LogP contribution >= 0.6 is 0 Å². The van der Waals surface area contributed by atoms with E-state index in [1.54, 1.807) is 0 Å². The highest BCUT2D eigenvalue weighted by Crippen LogP contribution is 2.14. The van der Waals surface area contributed by atoms with Crippen molar-refractivity contribution >= 4 is 11.6 Å². The molecule has 106 valence electrons. The van der Waals surface area contributed by atoms with E-state index in [4.69, 9.17) is 10.5 Å². The summed E-state index contributed by atoms with van der Waals surface area (Å²) in [6.45, 7) is 6.94. The maximum atomic E-state index is 12.9. The summed E-state index contributed by atoms with van der Waals surface area (Å²) in [6.07, 6.45) is 0. The number of hydrogen-bond acceptors (Lipinski definition) is 3. The summed E-state index contributed by atoms with van der Waals surface area (Å²) >= 11 is 0. The van der Waals surface area contributed by atoms with Crippen LogP contribution in [0.15, 0.2) is 18.2 Å². The van der Waals surface area contributed by atoms with Gasteiger partial charge in [0.2, 0.25) is 0 Å². The molecule has 1 amide bonds.